The number of aliphatic hydroxyl groups is 1. The van der Waals surface area contributed by atoms with E-state index in [1.165, 1.54) is 0 Å². The predicted octanol–water partition coefficient (Wildman–Crippen LogP) is 2.14. The molecule has 0 aromatic heterocycles. The summed E-state index contributed by atoms with van der Waals surface area (Å²) in [6.45, 7) is 0.438. The molecule has 110 valence electrons. The molecular formula is C14H17Cl2NO3. The SMILES string of the molecule is CO[C@@H]1C[C@@H](CO)N(C(=O)Cc2cccc(Cl)c2Cl)C1. The number of nitrogens with zero attached hydrogens (tertiary/aromatic N) is 1. The van der Waals surface area contributed by atoms with E-state index in [1.54, 1.807) is 30.2 Å². The second-order valence-electron chi connectivity index (χ2n) is 4.87. The van der Waals surface area contributed by atoms with Gasteiger partial charge < -0.3 is 14.7 Å². The predicted molar refractivity (Wildman–Crippen MR) is 78.2 cm³/mol. The summed E-state index contributed by atoms with van der Waals surface area (Å²) in [5.74, 6) is -0.0761. The van der Waals surface area contributed by atoms with Gasteiger partial charge in [-0.05, 0) is 18.1 Å². The number of likely N-dealkylation sites (tertiary alicyclic amines) is 1. The number of methoxy groups -OCH3 is 1. The van der Waals surface area contributed by atoms with Crippen LogP contribution in [0.1, 0.15) is 12.0 Å². The summed E-state index contributed by atoms with van der Waals surface area (Å²) >= 11 is 12.0. The van der Waals surface area contributed by atoms with Gasteiger partial charge in [0, 0.05) is 13.7 Å². The van der Waals surface area contributed by atoms with Crippen LogP contribution >= 0.6 is 23.2 Å². The van der Waals surface area contributed by atoms with E-state index in [4.69, 9.17) is 27.9 Å². The first kappa shape index (κ1) is 15.6. The van der Waals surface area contributed by atoms with Crippen LogP contribution in [-0.4, -0.2) is 48.3 Å². The molecule has 0 unspecified atom stereocenters. The molecule has 6 heteroatoms. The smallest absolute Gasteiger partial charge is 0.227 e. The van der Waals surface area contributed by atoms with Crippen molar-refractivity contribution in [1.29, 1.82) is 0 Å². The van der Waals surface area contributed by atoms with Crippen LogP contribution in [0.25, 0.3) is 0 Å². The van der Waals surface area contributed by atoms with Gasteiger partial charge in [-0.3, -0.25) is 4.79 Å². The summed E-state index contributed by atoms with van der Waals surface area (Å²) in [5, 5.41) is 10.2. The van der Waals surface area contributed by atoms with Gasteiger partial charge in [-0.2, -0.15) is 0 Å². The fraction of sp³-hybridized carbons (Fsp3) is 0.500. The fourth-order valence-corrected chi connectivity index (χ4v) is 2.86. The van der Waals surface area contributed by atoms with E-state index in [1.807, 2.05) is 0 Å². The van der Waals surface area contributed by atoms with Crippen LogP contribution in [0.4, 0.5) is 0 Å². The van der Waals surface area contributed by atoms with Crippen molar-refractivity contribution in [3.05, 3.63) is 33.8 Å². The summed E-state index contributed by atoms with van der Waals surface area (Å²) < 4.78 is 5.26. The van der Waals surface area contributed by atoms with Crippen molar-refractivity contribution in [3.8, 4) is 0 Å². The minimum Gasteiger partial charge on any atom is -0.394 e. The number of carbonyl (C=O) groups excluding carboxylic acids is 1. The maximum Gasteiger partial charge on any atom is 0.227 e. The van der Waals surface area contributed by atoms with Gasteiger partial charge in [-0.1, -0.05) is 35.3 Å². The third kappa shape index (κ3) is 3.26. The van der Waals surface area contributed by atoms with Crippen LogP contribution in [0.15, 0.2) is 18.2 Å². The van der Waals surface area contributed by atoms with Crippen molar-refractivity contribution < 1.29 is 14.6 Å². The summed E-state index contributed by atoms with van der Waals surface area (Å²) in [4.78, 5) is 14.0. The van der Waals surface area contributed by atoms with Crippen LogP contribution in [0, 0.1) is 0 Å². The van der Waals surface area contributed by atoms with E-state index < -0.39 is 0 Å². The standard InChI is InChI=1S/C14H17Cl2NO3/c1-20-11-6-10(8-18)17(7-11)13(19)5-9-3-2-4-12(15)14(9)16/h2-4,10-11,18H,5-8H2,1H3/t10-,11+/m0/s1. The number of rotatable bonds is 4. The number of ether oxygens (including phenoxy) is 1. The quantitative estimate of drug-likeness (QED) is 0.925. The molecule has 1 fully saturated rings. The number of carbonyl (C=O) groups is 1. The van der Waals surface area contributed by atoms with E-state index >= 15 is 0 Å². The van der Waals surface area contributed by atoms with E-state index in [9.17, 15) is 9.90 Å². The van der Waals surface area contributed by atoms with Crippen LogP contribution in [0.2, 0.25) is 10.0 Å². The molecule has 4 nitrogen and oxygen atoms in total. The first-order valence-corrected chi connectivity index (χ1v) is 7.18. The molecule has 1 N–H and O–H groups in total. The molecule has 1 aliphatic heterocycles. The lowest BCUT2D eigenvalue weighted by atomic mass is 10.1. The largest absolute Gasteiger partial charge is 0.394 e. The zero-order valence-electron chi connectivity index (χ0n) is 11.2. The molecule has 0 saturated carbocycles. The minimum atomic E-state index is -0.189. The molecular weight excluding hydrogens is 301 g/mol. The Hall–Kier alpha value is -0.810. The normalized spacial score (nSPS) is 22.3. The number of hydrogen-bond acceptors (Lipinski definition) is 3. The summed E-state index contributed by atoms with van der Waals surface area (Å²) in [5.41, 5.74) is 0.696. The molecule has 1 aliphatic rings. The molecule has 1 amide bonds. The lowest BCUT2D eigenvalue weighted by Crippen LogP contribution is -2.39. The number of aliphatic hydroxyl groups excluding tert-OH is 1. The third-order valence-electron chi connectivity index (χ3n) is 3.61. The zero-order valence-corrected chi connectivity index (χ0v) is 12.7. The molecule has 2 rings (SSSR count). The number of hydrogen-bond donors (Lipinski definition) is 1. The van der Waals surface area contributed by atoms with Crippen LogP contribution in [0.5, 0.6) is 0 Å². The summed E-state index contributed by atoms with van der Waals surface area (Å²) in [7, 11) is 1.61. The maximum absolute atomic E-state index is 12.4. The van der Waals surface area contributed by atoms with Crippen LogP contribution < -0.4 is 0 Å². The maximum atomic E-state index is 12.4. The number of amides is 1. The Bertz CT molecular complexity index is 495. The molecule has 0 bridgehead atoms. The van der Waals surface area contributed by atoms with Crippen molar-refractivity contribution in [2.45, 2.75) is 25.0 Å². The monoisotopic (exact) mass is 317 g/mol. The lowest BCUT2D eigenvalue weighted by molar-refractivity contribution is -0.132. The van der Waals surface area contributed by atoms with Crippen molar-refractivity contribution in [2.75, 3.05) is 20.3 Å². The van der Waals surface area contributed by atoms with Crippen LogP contribution in [0.3, 0.4) is 0 Å². The Morgan fingerprint density at radius 2 is 2.25 bits per heavy atom. The Labute approximate surface area is 128 Å². The molecule has 0 radical (unpaired) electrons. The molecule has 0 spiro atoms. The summed E-state index contributed by atoms with van der Waals surface area (Å²) in [6, 6.07) is 5.04. The van der Waals surface area contributed by atoms with Gasteiger partial charge in [-0.15, -0.1) is 0 Å². The first-order chi connectivity index (χ1) is 9.56. The highest BCUT2D eigenvalue weighted by molar-refractivity contribution is 6.42. The molecule has 0 aliphatic carbocycles. The van der Waals surface area contributed by atoms with E-state index in [0.717, 1.165) is 0 Å². The number of halogens is 2. The third-order valence-corrected chi connectivity index (χ3v) is 4.47. The van der Waals surface area contributed by atoms with Crippen molar-refractivity contribution in [2.24, 2.45) is 0 Å². The van der Waals surface area contributed by atoms with Crippen molar-refractivity contribution >= 4 is 29.1 Å². The fourth-order valence-electron chi connectivity index (χ4n) is 2.47. The average molecular weight is 318 g/mol. The van der Waals surface area contributed by atoms with Crippen molar-refractivity contribution in [1.82, 2.24) is 4.90 Å². The van der Waals surface area contributed by atoms with E-state index in [2.05, 4.69) is 0 Å². The topological polar surface area (TPSA) is 49.8 Å². The molecule has 20 heavy (non-hydrogen) atoms. The Morgan fingerprint density at radius 3 is 2.90 bits per heavy atom. The van der Waals surface area contributed by atoms with Gasteiger partial charge in [-0.25, -0.2) is 0 Å². The molecule has 1 aromatic carbocycles. The highest BCUT2D eigenvalue weighted by atomic mass is 35.5. The second kappa shape index (κ2) is 6.76. The molecule has 1 aromatic rings. The van der Waals surface area contributed by atoms with Crippen LogP contribution in [-0.2, 0) is 16.0 Å². The number of benzene rings is 1. The van der Waals surface area contributed by atoms with E-state index in [0.29, 0.717) is 28.6 Å². The molecule has 1 heterocycles. The van der Waals surface area contributed by atoms with E-state index in [-0.39, 0.29) is 31.1 Å². The highest BCUT2D eigenvalue weighted by Crippen LogP contribution is 2.27. The second-order valence-corrected chi connectivity index (χ2v) is 5.65. The van der Waals surface area contributed by atoms with Gasteiger partial charge in [0.1, 0.15) is 0 Å². The zero-order chi connectivity index (χ0) is 14.7. The van der Waals surface area contributed by atoms with Gasteiger partial charge in [0.25, 0.3) is 0 Å². The Morgan fingerprint density at radius 1 is 1.50 bits per heavy atom. The van der Waals surface area contributed by atoms with Gasteiger partial charge >= 0.3 is 0 Å². The lowest BCUT2D eigenvalue weighted by Gasteiger charge is -2.23. The van der Waals surface area contributed by atoms with Gasteiger partial charge in [0.05, 0.1) is 35.2 Å². The van der Waals surface area contributed by atoms with Gasteiger partial charge in [0.15, 0.2) is 0 Å². The minimum absolute atomic E-state index is 0.0223. The Balaban J connectivity index is 2.09. The average Bonchev–Trinajstić information content (AvgIpc) is 2.87. The van der Waals surface area contributed by atoms with Gasteiger partial charge in [0.2, 0.25) is 5.91 Å². The first-order valence-electron chi connectivity index (χ1n) is 6.42. The molecule has 1 saturated heterocycles. The molecule has 2 atom stereocenters. The van der Waals surface area contributed by atoms with Crippen molar-refractivity contribution in [3.63, 3.8) is 0 Å². The summed E-state index contributed by atoms with van der Waals surface area (Å²) in [6.07, 6.45) is 0.805. The Kier molecular flexibility index (Phi) is 5.27. The highest BCUT2D eigenvalue weighted by Gasteiger charge is 2.34.